The van der Waals surface area contributed by atoms with Gasteiger partial charge in [-0.3, -0.25) is 4.79 Å². The van der Waals surface area contributed by atoms with Gasteiger partial charge in [0.1, 0.15) is 10.8 Å². The summed E-state index contributed by atoms with van der Waals surface area (Å²) in [7, 11) is 0. The standard InChI is InChI=1S/C13H19N3OS2/c1-8(17)9(2)18-13-12(14-19-15-13)11-7-16-5-3-10(11)4-6-16/h9-11H,3-7H2,1-2H3. The average Bonchev–Trinajstić information content (AvgIpc) is 2.88. The molecule has 6 heteroatoms. The molecule has 1 aromatic heterocycles. The van der Waals surface area contributed by atoms with Gasteiger partial charge in [-0.2, -0.15) is 8.75 Å². The minimum atomic E-state index is -0.0243. The van der Waals surface area contributed by atoms with Crippen LogP contribution in [0.3, 0.4) is 0 Å². The summed E-state index contributed by atoms with van der Waals surface area (Å²) < 4.78 is 8.96. The summed E-state index contributed by atoms with van der Waals surface area (Å²) in [4.78, 5) is 13.9. The highest BCUT2D eigenvalue weighted by atomic mass is 32.2. The van der Waals surface area contributed by atoms with Crippen molar-refractivity contribution in [2.75, 3.05) is 19.6 Å². The first-order valence-electron chi connectivity index (χ1n) is 6.87. The predicted molar refractivity (Wildman–Crippen MR) is 77.8 cm³/mol. The molecule has 2 unspecified atom stereocenters. The topological polar surface area (TPSA) is 46.1 Å². The van der Waals surface area contributed by atoms with Crippen LogP contribution < -0.4 is 0 Å². The normalized spacial score (nSPS) is 31.4. The zero-order valence-electron chi connectivity index (χ0n) is 11.3. The molecule has 0 radical (unpaired) electrons. The van der Waals surface area contributed by atoms with Crippen molar-refractivity contribution in [3.8, 4) is 0 Å². The van der Waals surface area contributed by atoms with Gasteiger partial charge in [0.2, 0.25) is 0 Å². The number of nitrogens with zero attached hydrogens (tertiary/aromatic N) is 3. The molecule has 0 amide bonds. The van der Waals surface area contributed by atoms with Crippen molar-refractivity contribution in [1.29, 1.82) is 0 Å². The third-order valence-electron chi connectivity index (χ3n) is 4.35. The maximum atomic E-state index is 11.4. The third-order valence-corrected chi connectivity index (χ3v) is 6.22. The smallest absolute Gasteiger partial charge is 0.142 e. The largest absolute Gasteiger partial charge is 0.303 e. The molecule has 3 saturated heterocycles. The van der Waals surface area contributed by atoms with Crippen LogP contribution in [0.4, 0.5) is 0 Å². The second kappa shape index (κ2) is 5.50. The Hall–Kier alpha value is -0.460. The Kier molecular flexibility index (Phi) is 3.91. The minimum Gasteiger partial charge on any atom is -0.303 e. The van der Waals surface area contributed by atoms with E-state index >= 15 is 0 Å². The van der Waals surface area contributed by atoms with Gasteiger partial charge in [-0.05, 0) is 45.7 Å². The Labute approximate surface area is 122 Å². The molecule has 4 rings (SSSR count). The van der Waals surface area contributed by atoms with E-state index in [0.29, 0.717) is 5.92 Å². The minimum absolute atomic E-state index is 0.0243. The fourth-order valence-electron chi connectivity index (χ4n) is 3.02. The van der Waals surface area contributed by atoms with Gasteiger partial charge in [-0.25, -0.2) is 0 Å². The van der Waals surface area contributed by atoms with Crippen LogP contribution >= 0.6 is 23.5 Å². The van der Waals surface area contributed by atoms with E-state index < -0.39 is 0 Å². The summed E-state index contributed by atoms with van der Waals surface area (Å²) in [5.41, 5.74) is 1.15. The Morgan fingerprint density at radius 2 is 2.16 bits per heavy atom. The first kappa shape index (κ1) is 13.5. The van der Waals surface area contributed by atoms with E-state index in [1.807, 2.05) is 6.92 Å². The van der Waals surface area contributed by atoms with E-state index in [1.165, 1.54) is 37.7 Å². The van der Waals surface area contributed by atoms with Crippen molar-refractivity contribution in [3.63, 3.8) is 0 Å². The lowest BCUT2D eigenvalue weighted by Crippen LogP contribution is -2.46. The van der Waals surface area contributed by atoms with Crippen molar-refractivity contribution in [3.05, 3.63) is 5.69 Å². The molecule has 2 atom stereocenters. The molecule has 104 valence electrons. The fraction of sp³-hybridized carbons (Fsp3) is 0.769. The van der Waals surface area contributed by atoms with Crippen molar-refractivity contribution in [2.24, 2.45) is 5.92 Å². The number of fused-ring (bicyclic) bond motifs is 3. The van der Waals surface area contributed by atoms with E-state index in [-0.39, 0.29) is 11.0 Å². The number of aromatic nitrogens is 2. The van der Waals surface area contributed by atoms with Crippen LogP contribution in [0.5, 0.6) is 0 Å². The molecule has 3 fully saturated rings. The molecule has 3 aliphatic heterocycles. The summed E-state index contributed by atoms with van der Waals surface area (Å²) in [6.45, 7) is 7.20. The maximum absolute atomic E-state index is 11.4. The lowest BCUT2D eigenvalue weighted by molar-refractivity contribution is -0.116. The zero-order valence-corrected chi connectivity index (χ0v) is 13.0. The van der Waals surface area contributed by atoms with E-state index in [0.717, 1.165) is 23.2 Å². The number of hydrogen-bond acceptors (Lipinski definition) is 6. The number of carbonyl (C=O) groups excluding carboxylic acids is 1. The molecule has 0 aromatic carbocycles. The summed E-state index contributed by atoms with van der Waals surface area (Å²) in [5, 5.41) is 0.968. The van der Waals surface area contributed by atoms with Gasteiger partial charge in [0.15, 0.2) is 0 Å². The first-order chi connectivity index (χ1) is 9.15. The maximum Gasteiger partial charge on any atom is 0.142 e. The van der Waals surface area contributed by atoms with E-state index in [1.54, 1.807) is 18.7 Å². The first-order valence-corrected chi connectivity index (χ1v) is 8.48. The Morgan fingerprint density at radius 3 is 2.74 bits per heavy atom. The van der Waals surface area contributed by atoms with Crippen LogP contribution in [0.2, 0.25) is 0 Å². The lowest BCUT2D eigenvalue weighted by atomic mass is 9.78. The van der Waals surface area contributed by atoms with Crippen LogP contribution in [-0.4, -0.2) is 44.3 Å². The highest BCUT2D eigenvalue weighted by Gasteiger charge is 2.38. The lowest BCUT2D eigenvalue weighted by Gasteiger charge is -2.44. The molecule has 4 nitrogen and oxygen atoms in total. The SMILES string of the molecule is CC(=O)C(C)Sc1nsnc1C1CN2CCC1CC2. The number of piperidine rings is 3. The highest BCUT2D eigenvalue weighted by Crippen LogP contribution is 2.41. The quantitative estimate of drug-likeness (QED) is 0.799. The zero-order chi connectivity index (χ0) is 13.4. The Balaban J connectivity index is 1.78. The highest BCUT2D eigenvalue weighted by molar-refractivity contribution is 8.00. The molecule has 3 aliphatic rings. The molecule has 4 heterocycles. The van der Waals surface area contributed by atoms with Crippen LogP contribution in [0, 0.1) is 5.92 Å². The molecule has 0 saturated carbocycles. The molecular weight excluding hydrogens is 278 g/mol. The molecule has 0 aliphatic carbocycles. The van der Waals surface area contributed by atoms with Crippen molar-refractivity contribution in [2.45, 2.75) is 42.9 Å². The van der Waals surface area contributed by atoms with Gasteiger partial charge in [-0.1, -0.05) is 11.8 Å². The third kappa shape index (κ3) is 2.71. The van der Waals surface area contributed by atoms with Crippen molar-refractivity contribution < 1.29 is 4.79 Å². The molecule has 19 heavy (non-hydrogen) atoms. The second-order valence-corrected chi connectivity index (χ2v) is 7.43. The molecular formula is C13H19N3OS2. The van der Waals surface area contributed by atoms with Crippen LogP contribution in [0.1, 0.15) is 38.3 Å². The Bertz CT molecular complexity index is 468. The van der Waals surface area contributed by atoms with Gasteiger partial charge >= 0.3 is 0 Å². The summed E-state index contributed by atoms with van der Waals surface area (Å²) in [6, 6.07) is 0. The number of rotatable bonds is 4. The van der Waals surface area contributed by atoms with Crippen LogP contribution in [0.25, 0.3) is 0 Å². The van der Waals surface area contributed by atoms with Gasteiger partial charge < -0.3 is 4.90 Å². The van der Waals surface area contributed by atoms with Crippen LogP contribution in [-0.2, 0) is 4.79 Å². The summed E-state index contributed by atoms with van der Waals surface area (Å²) >= 11 is 2.86. The van der Waals surface area contributed by atoms with Crippen molar-refractivity contribution in [1.82, 2.24) is 13.6 Å². The van der Waals surface area contributed by atoms with Crippen molar-refractivity contribution >= 4 is 29.3 Å². The second-order valence-electron chi connectivity index (χ2n) is 5.57. The number of ketones is 1. The molecule has 0 spiro atoms. The summed E-state index contributed by atoms with van der Waals surface area (Å²) in [6.07, 6.45) is 2.57. The molecule has 1 aromatic rings. The number of Topliss-reactive ketones (excluding diaryl/α,β-unsaturated/α-hetero) is 1. The molecule has 2 bridgehead atoms. The monoisotopic (exact) mass is 297 g/mol. The number of hydrogen-bond donors (Lipinski definition) is 0. The molecule has 0 N–H and O–H groups in total. The van der Waals surface area contributed by atoms with E-state index in [9.17, 15) is 4.79 Å². The van der Waals surface area contributed by atoms with Gasteiger partial charge in [0, 0.05) is 12.5 Å². The summed E-state index contributed by atoms with van der Waals surface area (Å²) in [5.74, 6) is 1.50. The predicted octanol–water partition coefficient (Wildman–Crippen LogP) is 2.42. The van der Waals surface area contributed by atoms with Gasteiger partial charge in [-0.15, -0.1) is 0 Å². The number of carbonyl (C=O) groups is 1. The average molecular weight is 297 g/mol. The van der Waals surface area contributed by atoms with E-state index in [2.05, 4.69) is 13.6 Å². The number of thioether (sulfide) groups is 1. The van der Waals surface area contributed by atoms with E-state index in [4.69, 9.17) is 0 Å². The van der Waals surface area contributed by atoms with Crippen LogP contribution in [0.15, 0.2) is 5.03 Å². The fourth-order valence-corrected chi connectivity index (χ4v) is 4.69. The van der Waals surface area contributed by atoms with Gasteiger partial charge in [0.25, 0.3) is 0 Å². The Morgan fingerprint density at radius 1 is 1.42 bits per heavy atom. The van der Waals surface area contributed by atoms with Gasteiger partial charge in [0.05, 0.1) is 22.7 Å².